The van der Waals surface area contributed by atoms with Gasteiger partial charge in [-0.2, -0.15) is 0 Å². The normalized spacial score (nSPS) is 10.2. The Morgan fingerprint density at radius 2 is 2.00 bits per heavy atom. The van der Waals surface area contributed by atoms with Crippen LogP contribution in [0.3, 0.4) is 0 Å². The van der Waals surface area contributed by atoms with Crippen molar-refractivity contribution in [1.82, 2.24) is 0 Å². The first kappa shape index (κ1) is 13.5. The Labute approximate surface area is 116 Å². The standard InChI is InChI=1S/C15H14O3S/c1-18-14-8-11(9-16)7-12(15(14)17)10-19-13-5-3-2-4-6-13/h2-9,17H,10H2,1H3. The van der Waals surface area contributed by atoms with Crippen molar-refractivity contribution < 1.29 is 14.6 Å². The molecule has 0 unspecified atom stereocenters. The van der Waals surface area contributed by atoms with Crippen LogP contribution in [0.2, 0.25) is 0 Å². The van der Waals surface area contributed by atoms with E-state index in [4.69, 9.17) is 4.74 Å². The minimum atomic E-state index is 0.0940. The van der Waals surface area contributed by atoms with Crippen LogP contribution in [0.4, 0.5) is 0 Å². The van der Waals surface area contributed by atoms with Gasteiger partial charge in [-0.3, -0.25) is 4.79 Å². The Hall–Kier alpha value is -1.94. The lowest BCUT2D eigenvalue weighted by Crippen LogP contribution is -1.92. The first-order valence-corrected chi connectivity index (χ1v) is 6.76. The first-order valence-electron chi connectivity index (χ1n) is 5.77. The maximum Gasteiger partial charge on any atom is 0.161 e. The van der Waals surface area contributed by atoms with Crippen LogP contribution in [0, 0.1) is 0 Å². The fourth-order valence-corrected chi connectivity index (χ4v) is 2.59. The number of carbonyl (C=O) groups is 1. The number of aromatic hydroxyl groups is 1. The van der Waals surface area contributed by atoms with E-state index < -0.39 is 0 Å². The van der Waals surface area contributed by atoms with Gasteiger partial charge in [-0.05, 0) is 24.3 Å². The van der Waals surface area contributed by atoms with Crippen LogP contribution in [0.5, 0.6) is 11.5 Å². The molecule has 19 heavy (non-hydrogen) atoms. The predicted molar refractivity (Wildman–Crippen MR) is 76.0 cm³/mol. The smallest absolute Gasteiger partial charge is 0.161 e. The number of rotatable bonds is 5. The number of thioether (sulfide) groups is 1. The average Bonchev–Trinajstić information content (AvgIpc) is 2.47. The molecule has 0 atom stereocenters. The molecule has 1 N–H and O–H groups in total. The van der Waals surface area contributed by atoms with E-state index in [1.165, 1.54) is 13.2 Å². The van der Waals surface area contributed by atoms with Crippen LogP contribution >= 0.6 is 11.8 Å². The van der Waals surface area contributed by atoms with Gasteiger partial charge >= 0.3 is 0 Å². The summed E-state index contributed by atoms with van der Waals surface area (Å²) in [5.74, 6) is 0.998. The Bertz CT molecular complexity index is 567. The number of phenols is 1. The van der Waals surface area contributed by atoms with Crippen molar-refractivity contribution in [3.63, 3.8) is 0 Å². The number of hydrogen-bond donors (Lipinski definition) is 1. The molecule has 0 aromatic heterocycles. The lowest BCUT2D eigenvalue weighted by molar-refractivity contribution is 0.112. The van der Waals surface area contributed by atoms with Gasteiger partial charge in [-0.15, -0.1) is 11.8 Å². The highest BCUT2D eigenvalue weighted by molar-refractivity contribution is 7.98. The van der Waals surface area contributed by atoms with Gasteiger partial charge in [0, 0.05) is 21.8 Å². The summed E-state index contributed by atoms with van der Waals surface area (Å²) in [5.41, 5.74) is 1.19. The largest absolute Gasteiger partial charge is 0.504 e. The van der Waals surface area contributed by atoms with E-state index in [0.717, 1.165) is 11.2 Å². The molecule has 0 fully saturated rings. The molecule has 2 aromatic rings. The van der Waals surface area contributed by atoms with Crippen molar-refractivity contribution in [1.29, 1.82) is 0 Å². The summed E-state index contributed by atoms with van der Waals surface area (Å²) in [7, 11) is 1.47. The van der Waals surface area contributed by atoms with Gasteiger partial charge in [0.2, 0.25) is 0 Å². The summed E-state index contributed by atoms with van der Waals surface area (Å²) in [6, 6.07) is 13.1. The van der Waals surface area contributed by atoms with E-state index in [1.54, 1.807) is 17.8 Å². The van der Waals surface area contributed by atoms with Crippen molar-refractivity contribution in [2.75, 3.05) is 7.11 Å². The number of aldehydes is 1. The third kappa shape index (κ3) is 3.29. The highest BCUT2D eigenvalue weighted by Gasteiger charge is 2.10. The van der Waals surface area contributed by atoms with Crippen LogP contribution in [0.15, 0.2) is 47.4 Å². The van der Waals surface area contributed by atoms with Gasteiger partial charge in [-0.25, -0.2) is 0 Å². The summed E-state index contributed by atoms with van der Waals surface area (Å²) < 4.78 is 5.06. The van der Waals surface area contributed by atoms with Crippen LogP contribution in [-0.4, -0.2) is 18.5 Å². The molecule has 0 saturated carbocycles. The zero-order valence-corrected chi connectivity index (χ0v) is 11.3. The fraction of sp³-hybridized carbons (Fsp3) is 0.133. The molecule has 3 nitrogen and oxygen atoms in total. The molecule has 0 spiro atoms. The van der Waals surface area contributed by atoms with Crippen LogP contribution < -0.4 is 4.74 Å². The third-order valence-corrected chi connectivity index (χ3v) is 3.73. The van der Waals surface area contributed by atoms with E-state index in [0.29, 0.717) is 22.6 Å². The van der Waals surface area contributed by atoms with Gasteiger partial charge in [0.1, 0.15) is 6.29 Å². The molecule has 4 heteroatoms. The number of methoxy groups -OCH3 is 1. The zero-order chi connectivity index (χ0) is 13.7. The number of ether oxygens (including phenoxy) is 1. The lowest BCUT2D eigenvalue weighted by atomic mass is 10.1. The maximum absolute atomic E-state index is 10.9. The van der Waals surface area contributed by atoms with E-state index in [-0.39, 0.29) is 5.75 Å². The van der Waals surface area contributed by atoms with Crippen molar-refractivity contribution >= 4 is 18.0 Å². The van der Waals surface area contributed by atoms with Crippen molar-refractivity contribution in [2.45, 2.75) is 10.6 Å². The predicted octanol–water partition coefficient (Wildman–Crippen LogP) is 3.51. The van der Waals surface area contributed by atoms with E-state index in [9.17, 15) is 9.90 Å². The second-order valence-electron chi connectivity index (χ2n) is 3.95. The SMILES string of the molecule is COc1cc(C=O)cc(CSc2ccccc2)c1O. The summed E-state index contributed by atoms with van der Waals surface area (Å²) in [6.07, 6.45) is 0.749. The number of carbonyl (C=O) groups excluding carboxylic acids is 1. The number of hydrogen-bond acceptors (Lipinski definition) is 4. The van der Waals surface area contributed by atoms with Crippen LogP contribution in [0.25, 0.3) is 0 Å². The molecule has 0 aliphatic carbocycles. The number of phenolic OH excluding ortho intramolecular Hbond substituents is 1. The molecule has 0 saturated heterocycles. The molecule has 2 aromatic carbocycles. The average molecular weight is 274 g/mol. The summed E-state index contributed by atoms with van der Waals surface area (Å²) in [4.78, 5) is 12.0. The van der Waals surface area contributed by atoms with Gasteiger partial charge in [0.25, 0.3) is 0 Å². The molecule has 2 rings (SSSR count). The Kier molecular flexibility index (Phi) is 4.47. The topological polar surface area (TPSA) is 46.5 Å². The summed E-state index contributed by atoms with van der Waals surface area (Å²) in [6.45, 7) is 0. The highest BCUT2D eigenvalue weighted by Crippen LogP contribution is 2.35. The van der Waals surface area contributed by atoms with Crippen LogP contribution in [0.1, 0.15) is 15.9 Å². The Morgan fingerprint density at radius 1 is 1.26 bits per heavy atom. The fourth-order valence-electron chi connectivity index (χ4n) is 1.70. The Balaban J connectivity index is 2.22. The van der Waals surface area contributed by atoms with Crippen molar-refractivity contribution in [2.24, 2.45) is 0 Å². The minimum absolute atomic E-state index is 0.0940. The molecule has 98 valence electrons. The maximum atomic E-state index is 10.9. The Morgan fingerprint density at radius 3 is 2.63 bits per heavy atom. The molecule has 0 aliphatic rings. The van der Waals surface area contributed by atoms with Crippen LogP contribution in [-0.2, 0) is 5.75 Å². The molecular formula is C15H14O3S. The summed E-state index contributed by atoms with van der Waals surface area (Å²) >= 11 is 1.59. The van der Waals surface area contributed by atoms with E-state index in [2.05, 4.69) is 0 Å². The summed E-state index contributed by atoms with van der Waals surface area (Å²) in [5, 5.41) is 10.0. The first-order chi connectivity index (χ1) is 9.24. The minimum Gasteiger partial charge on any atom is -0.504 e. The second kappa shape index (κ2) is 6.29. The molecule has 0 radical (unpaired) electrons. The molecule has 0 heterocycles. The van der Waals surface area contributed by atoms with Crippen molar-refractivity contribution in [3.05, 3.63) is 53.6 Å². The lowest BCUT2D eigenvalue weighted by Gasteiger charge is -2.10. The second-order valence-corrected chi connectivity index (χ2v) is 5.00. The monoisotopic (exact) mass is 274 g/mol. The number of benzene rings is 2. The van der Waals surface area contributed by atoms with Gasteiger partial charge in [0.05, 0.1) is 7.11 Å². The van der Waals surface area contributed by atoms with E-state index >= 15 is 0 Å². The van der Waals surface area contributed by atoms with Gasteiger partial charge in [0.15, 0.2) is 11.5 Å². The zero-order valence-electron chi connectivity index (χ0n) is 10.5. The highest BCUT2D eigenvalue weighted by atomic mass is 32.2. The molecular weight excluding hydrogens is 260 g/mol. The third-order valence-electron chi connectivity index (χ3n) is 2.67. The van der Waals surface area contributed by atoms with Gasteiger partial charge < -0.3 is 9.84 Å². The quantitative estimate of drug-likeness (QED) is 0.669. The molecule has 0 bridgehead atoms. The van der Waals surface area contributed by atoms with Crippen molar-refractivity contribution in [3.8, 4) is 11.5 Å². The molecule has 0 amide bonds. The molecule has 0 aliphatic heterocycles. The van der Waals surface area contributed by atoms with E-state index in [1.807, 2.05) is 30.3 Å². The van der Waals surface area contributed by atoms with Gasteiger partial charge in [-0.1, -0.05) is 18.2 Å².